The summed E-state index contributed by atoms with van der Waals surface area (Å²) in [5, 5.41) is 12.6. The average Bonchev–Trinajstić information content (AvgIpc) is 2.35. The Labute approximate surface area is 107 Å². The molecule has 98 valence electrons. The van der Waals surface area contributed by atoms with Gasteiger partial charge in [-0.3, -0.25) is 4.79 Å². The minimum atomic E-state index is -0.279. The number of carbonyl (C=O) groups is 1. The fourth-order valence-electron chi connectivity index (χ4n) is 2.59. The number of pyridine rings is 1. The molecule has 4 heteroatoms. The number of carbonyl (C=O) groups excluding carboxylic acids is 1. The van der Waals surface area contributed by atoms with Crippen LogP contribution in [0.2, 0.25) is 0 Å². The van der Waals surface area contributed by atoms with Gasteiger partial charge in [-0.15, -0.1) is 0 Å². The third-order valence-electron chi connectivity index (χ3n) is 4.02. The number of aromatic hydroxyl groups is 1. The fourth-order valence-corrected chi connectivity index (χ4v) is 2.59. The van der Waals surface area contributed by atoms with E-state index in [1.807, 2.05) is 0 Å². The standard InChI is InChI=1S/C14H20N2O2/c1-9-5-3-6-11(10(9)2)16-14(18)13-12(17)7-4-8-15-13/h4,7-11,17H,3,5-6H2,1-2H3,(H,16,18). The Morgan fingerprint density at radius 2 is 2.22 bits per heavy atom. The van der Waals surface area contributed by atoms with Crippen LogP contribution in [0.15, 0.2) is 18.3 Å². The van der Waals surface area contributed by atoms with Crippen molar-refractivity contribution >= 4 is 5.91 Å². The van der Waals surface area contributed by atoms with Gasteiger partial charge in [0, 0.05) is 12.2 Å². The molecule has 1 aromatic heterocycles. The van der Waals surface area contributed by atoms with E-state index in [1.54, 1.807) is 6.07 Å². The minimum Gasteiger partial charge on any atom is -0.505 e. The smallest absolute Gasteiger partial charge is 0.273 e. The number of amides is 1. The number of nitrogens with one attached hydrogen (secondary N) is 1. The minimum absolute atomic E-state index is 0.0634. The summed E-state index contributed by atoms with van der Waals surface area (Å²) < 4.78 is 0. The normalized spacial score (nSPS) is 27.8. The number of nitrogens with zero attached hydrogens (tertiary/aromatic N) is 1. The third-order valence-corrected chi connectivity index (χ3v) is 4.02. The Bertz CT molecular complexity index is 434. The Hall–Kier alpha value is -1.58. The van der Waals surface area contributed by atoms with Gasteiger partial charge in [-0.25, -0.2) is 4.98 Å². The second kappa shape index (κ2) is 5.38. The largest absolute Gasteiger partial charge is 0.505 e. The van der Waals surface area contributed by atoms with Crippen LogP contribution in [0.25, 0.3) is 0 Å². The van der Waals surface area contributed by atoms with Gasteiger partial charge in [-0.05, 0) is 30.4 Å². The molecule has 1 fully saturated rings. The SMILES string of the molecule is CC1CCCC(NC(=O)c2ncccc2O)C1C. The van der Waals surface area contributed by atoms with Crippen molar-refractivity contribution in [3.63, 3.8) is 0 Å². The van der Waals surface area contributed by atoms with Crippen LogP contribution in [-0.2, 0) is 0 Å². The van der Waals surface area contributed by atoms with Crippen molar-refractivity contribution in [1.29, 1.82) is 0 Å². The molecular weight excluding hydrogens is 228 g/mol. The molecule has 3 atom stereocenters. The zero-order valence-corrected chi connectivity index (χ0v) is 10.9. The van der Waals surface area contributed by atoms with E-state index in [1.165, 1.54) is 18.7 Å². The summed E-state index contributed by atoms with van der Waals surface area (Å²) in [4.78, 5) is 16.0. The molecule has 1 aliphatic rings. The summed E-state index contributed by atoms with van der Waals surface area (Å²) in [6.07, 6.45) is 4.89. The molecule has 0 spiro atoms. The second-order valence-electron chi connectivity index (χ2n) is 5.22. The highest BCUT2D eigenvalue weighted by atomic mass is 16.3. The molecule has 1 saturated carbocycles. The zero-order chi connectivity index (χ0) is 13.1. The highest BCUT2D eigenvalue weighted by molar-refractivity contribution is 5.94. The van der Waals surface area contributed by atoms with Crippen LogP contribution in [0.5, 0.6) is 5.75 Å². The maximum absolute atomic E-state index is 12.1. The van der Waals surface area contributed by atoms with E-state index in [0.29, 0.717) is 11.8 Å². The summed E-state index contributed by atoms with van der Waals surface area (Å²) >= 11 is 0. The van der Waals surface area contributed by atoms with Gasteiger partial charge in [0.05, 0.1) is 0 Å². The van der Waals surface area contributed by atoms with E-state index in [9.17, 15) is 9.90 Å². The predicted molar refractivity (Wildman–Crippen MR) is 69.3 cm³/mol. The van der Waals surface area contributed by atoms with Crippen LogP contribution in [0.4, 0.5) is 0 Å². The van der Waals surface area contributed by atoms with Gasteiger partial charge in [0.2, 0.25) is 0 Å². The Kier molecular flexibility index (Phi) is 3.84. The summed E-state index contributed by atoms with van der Waals surface area (Å²) in [5.41, 5.74) is 0.114. The van der Waals surface area contributed by atoms with Gasteiger partial charge in [0.25, 0.3) is 5.91 Å². The summed E-state index contributed by atoms with van der Waals surface area (Å²) in [6.45, 7) is 4.40. The van der Waals surface area contributed by atoms with Crippen LogP contribution in [0.1, 0.15) is 43.6 Å². The maximum Gasteiger partial charge on any atom is 0.273 e. The van der Waals surface area contributed by atoms with Crippen LogP contribution in [0.3, 0.4) is 0 Å². The number of aromatic nitrogens is 1. The molecule has 18 heavy (non-hydrogen) atoms. The van der Waals surface area contributed by atoms with Gasteiger partial charge in [-0.1, -0.05) is 26.7 Å². The number of rotatable bonds is 2. The van der Waals surface area contributed by atoms with Crippen LogP contribution < -0.4 is 5.32 Å². The van der Waals surface area contributed by atoms with E-state index >= 15 is 0 Å². The topological polar surface area (TPSA) is 62.2 Å². The first kappa shape index (κ1) is 12.9. The van der Waals surface area contributed by atoms with Gasteiger partial charge in [-0.2, -0.15) is 0 Å². The van der Waals surface area contributed by atoms with Crippen LogP contribution >= 0.6 is 0 Å². The lowest BCUT2D eigenvalue weighted by atomic mass is 9.78. The molecule has 2 rings (SSSR count). The lowest BCUT2D eigenvalue weighted by Crippen LogP contribution is -2.43. The fraction of sp³-hybridized carbons (Fsp3) is 0.571. The van der Waals surface area contributed by atoms with E-state index in [2.05, 4.69) is 24.1 Å². The highest BCUT2D eigenvalue weighted by Crippen LogP contribution is 2.29. The number of hydrogen-bond donors (Lipinski definition) is 2. The molecular formula is C14H20N2O2. The van der Waals surface area contributed by atoms with Crippen LogP contribution in [-0.4, -0.2) is 22.0 Å². The molecule has 1 amide bonds. The molecule has 1 heterocycles. The highest BCUT2D eigenvalue weighted by Gasteiger charge is 2.29. The van der Waals surface area contributed by atoms with Gasteiger partial charge in [0.1, 0.15) is 5.75 Å². The van der Waals surface area contributed by atoms with E-state index < -0.39 is 0 Å². The molecule has 3 unspecified atom stereocenters. The van der Waals surface area contributed by atoms with E-state index in [4.69, 9.17) is 0 Å². The summed E-state index contributed by atoms with van der Waals surface area (Å²) in [7, 11) is 0. The second-order valence-corrected chi connectivity index (χ2v) is 5.22. The molecule has 0 bridgehead atoms. The van der Waals surface area contributed by atoms with Crippen molar-refractivity contribution in [3.8, 4) is 5.75 Å². The van der Waals surface area contributed by atoms with Crippen molar-refractivity contribution in [2.45, 2.75) is 39.2 Å². The Morgan fingerprint density at radius 3 is 2.94 bits per heavy atom. The molecule has 0 radical (unpaired) electrons. The molecule has 0 saturated heterocycles. The molecule has 0 aliphatic heterocycles. The first-order valence-corrected chi connectivity index (χ1v) is 6.54. The van der Waals surface area contributed by atoms with Gasteiger partial charge >= 0.3 is 0 Å². The van der Waals surface area contributed by atoms with Crippen molar-refractivity contribution in [1.82, 2.24) is 10.3 Å². The Balaban J connectivity index is 2.05. The van der Waals surface area contributed by atoms with E-state index in [0.717, 1.165) is 12.8 Å². The molecule has 4 nitrogen and oxygen atoms in total. The average molecular weight is 248 g/mol. The first-order chi connectivity index (χ1) is 8.59. The van der Waals surface area contributed by atoms with Crippen LogP contribution in [0, 0.1) is 11.8 Å². The molecule has 0 aromatic carbocycles. The first-order valence-electron chi connectivity index (χ1n) is 6.54. The Morgan fingerprint density at radius 1 is 1.44 bits per heavy atom. The third kappa shape index (κ3) is 2.63. The summed E-state index contributed by atoms with van der Waals surface area (Å²) in [5.74, 6) is 0.750. The lowest BCUT2D eigenvalue weighted by molar-refractivity contribution is 0.0883. The number of hydrogen-bond acceptors (Lipinski definition) is 3. The van der Waals surface area contributed by atoms with Crippen molar-refractivity contribution in [2.24, 2.45) is 11.8 Å². The predicted octanol–water partition coefficient (Wildman–Crippen LogP) is 2.34. The van der Waals surface area contributed by atoms with Gasteiger partial charge < -0.3 is 10.4 Å². The zero-order valence-electron chi connectivity index (χ0n) is 10.9. The molecule has 1 aliphatic carbocycles. The quantitative estimate of drug-likeness (QED) is 0.844. The molecule has 1 aromatic rings. The van der Waals surface area contributed by atoms with E-state index in [-0.39, 0.29) is 23.4 Å². The maximum atomic E-state index is 12.1. The van der Waals surface area contributed by atoms with Crippen molar-refractivity contribution in [2.75, 3.05) is 0 Å². The van der Waals surface area contributed by atoms with Crippen molar-refractivity contribution in [3.05, 3.63) is 24.0 Å². The van der Waals surface area contributed by atoms with Crippen molar-refractivity contribution < 1.29 is 9.90 Å². The molecule has 2 N–H and O–H groups in total. The lowest BCUT2D eigenvalue weighted by Gasteiger charge is -2.34. The monoisotopic (exact) mass is 248 g/mol. The summed E-state index contributed by atoms with van der Waals surface area (Å²) in [6, 6.07) is 3.27. The van der Waals surface area contributed by atoms with Gasteiger partial charge in [0.15, 0.2) is 5.69 Å².